The second-order valence-corrected chi connectivity index (χ2v) is 9.35. The molecule has 3 heterocycles. The Bertz CT molecular complexity index is 1120. The summed E-state index contributed by atoms with van der Waals surface area (Å²) in [5, 5.41) is 6.12. The van der Waals surface area contributed by atoms with E-state index in [1.165, 1.54) is 50.7 Å². The molecule has 0 amide bonds. The Morgan fingerprint density at radius 1 is 0.964 bits per heavy atom. The predicted octanol–water partition coefficient (Wildman–Crippen LogP) is 1.94. The number of hydrogen-bond donors (Lipinski definition) is 0. The molecule has 0 unspecified atom stereocenters. The van der Waals surface area contributed by atoms with Gasteiger partial charge in [0, 0.05) is 32.2 Å². The van der Waals surface area contributed by atoms with Gasteiger partial charge in [-0.2, -0.15) is 8.99 Å². The number of piperazine rings is 1. The lowest BCUT2D eigenvalue weighted by Crippen LogP contribution is -2.49. The highest BCUT2D eigenvalue weighted by molar-refractivity contribution is 7.91. The summed E-state index contributed by atoms with van der Waals surface area (Å²) in [4.78, 5) is 14.1. The van der Waals surface area contributed by atoms with Crippen molar-refractivity contribution in [3.8, 4) is 5.69 Å². The molecule has 3 aromatic rings. The first kappa shape index (κ1) is 18.8. The van der Waals surface area contributed by atoms with Gasteiger partial charge in [0.05, 0.1) is 5.69 Å². The molecule has 4 rings (SSSR count). The van der Waals surface area contributed by atoms with Gasteiger partial charge in [-0.15, -0.1) is 16.4 Å². The Kier molecular flexibility index (Phi) is 5.00. The van der Waals surface area contributed by atoms with Crippen molar-refractivity contribution in [1.29, 1.82) is 0 Å². The Balaban J connectivity index is 1.53. The summed E-state index contributed by atoms with van der Waals surface area (Å²) in [5.41, 5.74) is 0.140. The fraction of sp³-hybridized carbons (Fsp3) is 0.222. The van der Waals surface area contributed by atoms with E-state index in [1.807, 2.05) is 4.90 Å². The van der Waals surface area contributed by atoms with Crippen molar-refractivity contribution in [1.82, 2.24) is 14.1 Å². The number of anilines is 1. The third-order valence-corrected chi connectivity index (χ3v) is 7.78. The maximum atomic E-state index is 13.1. The first-order valence-electron chi connectivity index (χ1n) is 8.60. The van der Waals surface area contributed by atoms with E-state index in [2.05, 4.69) is 5.10 Å². The lowest BCUT2D eigenvalue weighted by Gasteiger charge is -2.34. The third kappa shape index (κ3) is 3.58. The first-order valence-corrected chi connectivity index (χ1v) is 10.9. The van der Waals surface area contributed by atoms with Crippen molar-refractivity contribution in [3.63, 3.8) is 0 Å². The van der Waals surface area contributed by atoms with Crippen LogP contribution in [0.2, 0.25) is 0 Å². The molecule has 2 aromatic heterocycles. The topological polar surface area (TPSA) is 75.5 Å². The summed E-state index contributed by atoms with van der Waals surface area (Å²) in [6, 6.07) is 11.8. The van der Waals surface area contributed by atoms with E-state index in [1.54, 1.807) is 23.6 Å². The van der Waals surface area contributed by atoms with Gasteiger partial charge in [0.2, 0.25) is 0 Å². The largest absolute Gasteiger partial charge is 0.353 e. The van der Waals surface area contributed by atoms with Crippen LogP contribution in [0.3, 0.4) is 0 Å². The Labute approximate surface area is 165 Å². The number of sulfonamides is 1. The lowest BCUT2D eigenvalue weighted by molar-refractivity contribution is 0.384. The molecule has 0 atom stereocenters. The number of aromatic nitrogens is 2. The van der Waals surface area contributed by atoms with Gasteiger partial charge in [0.1, 0.15) is 15.8 Å². The van der Waals surface area contributed by atoms with E-state index in [-0.39, 0.29) is 5.56 Å². The van der Waals surface area contributed by atoms with Crippen molar-refractivity contribution in [2.75, 3.05) is 31.1 Å². The van der Waals surface area contributed by atoms with Crippen LogP contribution in [-0.4, -0.2) is 48.7 Å². The molecular weight excluding hydrogens is 403 g/mol. The number of halogens is 1. The van der Waals surface area contributed by atoms with E-state index in [4.69, 9.17) is 0 Å². The van der Waals surface area contributed by atoms with E-state index in [0.29, 0.717) is 41.9 Å². The normalized spacial score (nSPS) is 15.7. The van der Waals surface area contributed by atoms with Crippen LogP contribution < -0.4 is 10.5 Å². The summed E-state index contributed by atoms with van der Waals surface area (Å²) in [7, 11) is -3.47. The molecule has 28 heavy (non-hydrogen) atoms. The number of nitrogens with zero attached hydrogens (tertiary/aromatic N) is 4. The molecule has 1 aliphatic rings. The minimum atomic E-state index is -3.47. The van der Waals surface area contributed by atoms with Gasteiger partial charge in [-0.05, 0) is 41.8 Å². The lowest BCUT2D eigenvalue weighted by atomic mass is 10.3. The number of thiophene rings is 1. The fourth-order valence-corrected chi connectivity index (χ4v) is 5.60. The van der Waals surface area contributed by atoms with E-state index < -0.39 is 15.8 Å². The van der Waals surface area contributed by atoms with Gasteiger partial charge in [-0.25, -0.2) is 12.8 Å². The molecule has 0 spiro atoms. The van der Waals surface area contributed by atoms with Crippen LogP contribution in [0.25, 0.3) is 5.69 Å². The zero-order valence-electron chi connectivity index (χ0n) is 14.7. The van der Waals surface area contributed by atoms with Gasteiger partial charge < -0.3 is 4.90 Å². The smallest absolute Gasteiger partial charge is 0.271 e. The average Bonchev–Trinajstić information content (AvgIpc) is 3.25. The zero-order chi connectivity index (χ0) is 19.7. The fourth-order valence-electron chi connectivity index (χ4n) is 3.03. The van der Waals surface area contributed by atoms with Crippen molar-refractivity contribution >= 4 is 27.2 Å². The van der Waals surface area contributed by atoms with Crippen LogP contribution in [0.15, 0.2) is 62.9 Å². The Morgan fingerprint density at radius 2 is 1.68 bits per heavy atom. The molecule has 1 aromatic carbocycles. The summed E-state index contributed by atoms with van der Waals surface area (Å²) in [6.07, 6.45) is 0. The molecule has 0 aliphatic carbocycles. The molecule has 1 fully saturated rings. The summed E-state index contributed by atoms with van der Waals surface area (Å²) >= 11 is 1.20. The molecule has 0 N–H and O–H groups in total. The standard InChI is InChI=1S/C18H17FN4O3S2/c19-14-3-5-15(6-4-14)23-17(24)8-7-16(20-23)21-9-11-22(12-10-21)28(25,26)18-2-1-13-27-18/h1-8,13H,9-12H2. The SMILES string of the molecule is O=c1ccc(N2CCN(S(=O)(=O)c3cccs3)CC2)nn1-c1ccc(F)cc1. The van der Waals surface area contributed by atoms with Crippen molar-refractivity contribution in [2.45, 2.75) is 4.21 Å². The molecule has 0 saturated carbocycles. The number of benzene rings is 1. The quantitative estimate of drug-likeness (QED) is 0.645. The van der Waals surface area contributed by atoms with Gasteiger partial charge >= 0.3 is 0 Å². The predicted molar refractivity (Wildman–Crippen MR) is 105 cm³/mol. The molecule has 1 saturated heterocycles. The Hall–Kier alpha value is -2.56. The van der Waals surface area contributed by atoms with Crippen molar-refractivity contribution in [2.24, 2.45) is 0 Å². The van der Waals surface area contributed by atoms with Gasteiger partial charge in [-0.3, -0.25) is 4.79 Å². The minimum Gasteiger partial charge on any atom is -0.353 e. The number of rotatable bonds is 4. The van der Waals surface area contributed by atoms with Gasteiger partial charge in [0.15, 0.2) is 0 Å². The van der Waals surface area contributed by atoms with E-state index in [9.17, 15) is 17.6 Å². The average molecular weight is 420 g/mol. The Morgan fingerprint density at radius 3 is 2.32 bits per heavy atom. The summed E-state index contributed by atoms with van der Waals surface area (Å²) in [6.45, 7) is 1.58. The van der Waals surface area contributed by atoms with Crippen LogP contribution in [0, 0.1) is 5.82 Å². The second-order valence-electron chi connectivity index (χ2n) is 6.24. The highest BCUT2D eigenvalue weighted by Gasteiger charge is 2.29. The molecule has 0 radical (unpaired) electrons. The van der Waals surface area contributed by atoms with Crippen molar-refractivity contribution in [3.05, 3.63) is 70.1 Å². The first-order chi connectivity index (χ1) is 13.4. The monoisotopic (exact) mass is 420 g/mol. The van der Waals surface area contributed by atoms with Gasteiger partial charge in [-0.1, -0.05) is 6.07 Å². The van der Waals surface area contributed by atoms with Crippen LogP contribution >= 0.6 is 11.3 Å². The maximum Gasteiger partial charge on any atom is 0.271 e. The molecule has 10 heteroatoms. The van der Waals surface area contributed by atoms with Gasteiger partial charge in [0.25, 0.3) is 15.6 Å². The summed E-state index contributed by atoms with van der Waals surface area (Å²) < 4.78 is 41.4. The molecule has 0 bridgehead atoms. The molecular formula is C18H17FN4O3S2. The minimum absolute atomic E-state index is 0.325. The van der Waals surface area contributed by atoms with Crippen LogP contribution in [0.5, 0.6) is 0 Å². The van der Waals surface area contributed by atoms with E-state index >= 15 is 0 Å². The second kappa shape index (κ2) is 7.46. The van der Waals surface area contributed by atoms with E-state index in [0.717, 1.165) is 0 Å². The van der Waals surface area contributed by atoms with Crippen molar-refractivity contribution < 1.29 is 12.8 Å². The van der Waals surface area contributed by atoms with Crippen LogP contribution in [-0.2, 0) is 10.0 Å². The highest BCUT2D eigenvalue weighted by Crippen LogP contribution is 2.23. The highest BCUT2D eigenvalue weighted by atomic mass is 32.2. The third-order valence-electron chi connectivity index (χ3n) is 4.51. The molecule has 1 aliphatic heterocycles. The number of hydrogen-bond acceptors (Lipinski definition) is 6. The molecule has 146 valence electrons. The maximum absolute atomic E-state index is 13.1. The summed E-state index contributed by atoms with van der Waals surface area (Å²) in [5.74, 6) is 0.174. The van der Waals surface area contributed by atoms with Crippen LogP contribution in [0.4, 0.5) is 10.2 Å². The van der Waals surface area contributed by atoms with Crippen LogP contribution in [0.1, 0.15) is 0 Å². The molecule has 7 nitrogen and oxygen atoms in total. The zero-order valence-corrected chi connectivity index (χ0v) is 16.4.